The summed E-state index contributed by atoms with van der Waals surface area (Å²) in [5, 5.41) is 11.8. The Labute approximate surface area is 360 Å². The van der Waals surface area contributed by atoms with Crippen LogP contribution < -0.4 is 0 Å². The molecule has 59 heavy (non-hydrogen) atoms. The number of rotatable bonds is 14. The Morgan fingerprint density at radius 1 is 0.983 bits per heavy atom. The molecule has 0 unspecified atom stereocenters. The molecule has 0 aromatic heterocycles. The van der Waals surface area contributed by atoms with E-state index in [1.165, 1.54) is 9.88 Å². The zero-order valence-corrected chi connectivity index (χ0v) is 40.8. The van der Waals surface area contributed by atoms with Crippen molar-refractivity contribution >= 4 is 16.0 Å². The number of hydrogen-bond donors (Lipinski definition) is 1. The highest BCUT2D eigenvalue weighted by Gasteiger charge is 2.70. The number of fused-ring (bicyclic) bond motifs is 5. The van der Waals surface area contributed by atoms with Gasteiger partial charge in [0.2, 0.25) is 10.0 Å². The van der Waals surface area contributed by atoms with Gasteiger partial charge >= 0.3 is 5.97 Å². The monoisotopic (exact) mass is 842 g/mol. The van der Waals surface area contributed by atoms with Crippen LogP contribution in [0.15, 0.2) is 40.8 Å². The second-order valence-corrected chi connectivity index (χ2v) is 24.5. The number of ether oxygens (including phenoxy) is 3. The number of carbonyl (C=O) groups excluding carboxylic acids is 1. The van der Waals surface area contributed by atoms with Crippen molar-refractivity contribution in [2.75, 3.05) is 34.0 Å². The molecule has 0 heterocycles. The Morgan fingerprint density at radius 3 is 2.15 bits per heavy atom. The summed E-state index contributed by atoms with van der Waals surface area (Å²) in [6.07, 6.45) is 8.90. The Hall–Kier alpha value is -1.78. The molecule has 11 atom stereocenters. The van der Waals surface area contributed by atoms with E-state index in [0.717, 1.165) is 50.5 Å². The Balaban J connectivity index is 1.52. The van der Waals surface area contributed by atoms with Crippen molar-refractivity contribution in [3.05, 3.63) is 41.5 Å². The average molecular weight is 842 g/mol. The molecule has 1 aromatic rings. The van der Waals surface area contributed by atoms with Crippen LogP contribution in [0.4, 0.5) is 0 Å². The second kappa shape index (κ2) is 16.7. The van der Waals surface area contributed by atoms with Gasteiger partial charge in [0, 0.05) is 19.6 Å². The quantitative estimate of drug-likeness (QED) is 0.113. The number of allylic oxidation sites excluding steroid dienone is 1. The molecule has 0 saturated heterocycles. The maximum atomic E-state index is 14.6. The molecule has 336 valence electrons. The van der Waals surface area contributed by atoms with Crippen LogP contribution in [0.3, 0.4) is 0 Å². The van der Waals surface area contributed by atoms with E-state index < -0.39 is 31.8 Å². The molecule has 4 aliphatic carbocycles. The largest absolute Gasteiger partial charge is 0.465 e. The fourth-order valence-electron chi connectivity index (χ4n) is 13.2. The number of benzene rings is 1. The highest BCUT2D eigenvalue weighted by atomic mass is 32.2. The maximum Gasteiger partial charge on any atom is 0.310 e. The summed E-state index contributed by atoms with van der Waals surface area (Å²) < 4.78 is 49.6. The third-order valence-corrected chi connectivity index (χ3v) is 20.3. The first kappa shape index (κ1) is 48.3. The van der Waals surface area contributed by atoms with Gasteiger partial charge < -0.3 is 19.3 Å². The van der Waals surface area contributed by atoms with Gasteiger partial charge in [0.05, 0.1) is 48.4 Å². The molecule has 3 fully saturated rings. The van der Waals surface area contributed by atoms with Crippen LogP contribution in [0.25, 0.3) is 0 Å². The van der Waals surface area contributed by atoms with Gasteiger partial charge in [-0.05, 0) is 122 Å². The number of likely N-dealkylation sites (N-methyl/N-ethyl adjacent to an activating group) is 1. The van der Waals surface area contributed by atoms with Crippen LogP contribution in [-0.4, -0.2) is 75.5 Å². The number of aryl methyl sites for hydroxylation is 1. The van der Waals surface area contributed by atoms with E-state index in [1.807, 2.05) is 26.0 Å². The maximum absolute atomic E-state index is 14.6. The summed E-state index contributed by atoms with van der Waals surface area (Å²) in [7, 11) is -0.415. The van der Waals surface area contributed by atoms with Gasteiger partial charge in [-0.2, -0.15) is 4.31 Å². The smallest absolute Gasteiger partial charge is 0.310 e. The van der Waals surface area contributed by atoms with E-state index in [4.69, 9.17) is 14.2 Å². The lowest BCUT2D eigenvalue weighted by molar-refractivity contribution is -0.227. The van der Waals surface area contributed by atoms with Gasteiger partial charge in [-0.25, -0.2) is 8.42 Å². The summed E-state index contributed by atoms with van der Waals surface area (Å²) in [5.41, 5.74) is -0.653. The molecule has 3 saturated carbocycles. The first-order valence-electron chi connectivity index (χ1n) is 22.9. The first-order valence-corrected chi connectivity index (χ1v) is 24.3. The van der Waals surface area contributed by atoms with E-state index in [2.05, 4.69) is 89.2 Å². The molecule has 8 nitrogen and oxygen atoms in total. The van der Waals surface area contributed by atoms with Crippen molar-refractivity contribution in [2.24, 2.45) is 62.1 Å². The van der Waals surface area contributed by atoms with Crippen molar-refractivity contribution in [2.45, 2.75) is 171 Å². The normalized spacial score (nSPS) is 36.2. The number of aliphatic hydroxyl groups excluding tert-OH is 1. The van der Waals surface area contributed by atoms with Crippen LogP contribution in [0.5, 0.6) is 0 Å². The van der Waals surface area contributed by atoms with Crippen LogP contribution in [0, 0.1) is 69.0 Å². The molecule has 0 spiro atoms. The average Bonchev–Trinajstić information content (AvgIpc) is 3.16. The molecule has 0 bridgehead atoms. The summed E-state index contributed by atoms with van der Waals surface area (Å²) in [6, 6.07) is 7.04. The number of aliphatic hydroxyl groups is 1. The fraction of sp³-hybridized carbons (Fsp3) is 0.820. The predicted octanol–water partition coefficient (Wildman–Crippen LogP) is 10.6. The fourth-order valence-corrected chi connectivity index (χ4v) is 14.9. The number of carbonyl (C=O) groups is 1. The summed E-state index contributed by atoms with van der Waals surface area (Å²) >= 11 is 0. The lowest BCUT2D eigenvalue weighted by Gasteiger charge is -2.70. The van der Waals surface area contributed by atoms with E-state index in [9.17, 15) is 18.3 Å². The minimum atomic E-state index is -3.84. The van der Waals surface area contributed by atoms with Crippen molar-refractivity contribution in [1.82, 2.24) is 4.31 Å². The molecule has 9 heteroatoms. The lowest BCUT2D eigenvalue weighted by atomic mass is 9.34. The Kier molecular flexibility index (Phi) is 13.7. The van der Waals surface area contributed by atoms with Gasteiger partial charge in [0.1, 0.15) is 0 Å². The van der Waals surface area contributed by atoms with E-state index in [-0.39, 0.29) is 70.3 Å². The predicted molar refractivity (Wildman–Crippen MR) is 238 cm³/mol. The van der Waals surface area contributed by atoms with E-state index in [0.29, 0.717) is 24.9 Å². The van der Waals surface area contributed by atoms with E-state index >= 15 is 0 Å². The van der Waals surface area contributed by atoms with Crippen LogP contribution in [-0.2, 0) is 29.0 Å². The van der Waals surface area contributed by atoms with Gasteiger partial charge in [-0.1, -0.05) is 119 Å². The van der Waals surface area contributed by atoms with Gasteiger partial charge in [-0.15, -0.1) is 0 Å². The molecule has 0 amide bonds. The molecule has 1 N–H and O–H groups in total. The Morgan fingerprint density at radius 2 is 1.61 bits per heavy atom. The number of unbranched alkanes of at least 4 members (excludes halogenated alkanes) is 1. The second-order valence-electron chi connectivity index (χ2n) is 22.5. The summed E-state index contributed by atoms with van der Waals surface area (Å²) in [5.74, 6) is 0.838. The first-order chi connectivity index (χ1) is 27.2. The molecule has 0 aliphatic heterocycles. The number of sulfonamides is 1. The summed E-state index contributed by atoms with van der Waals surface area (Å²) in [6.45, 7) is 31.7. The zero-order valence-electron chi connectivity index (χ0n) is 40.0. The van der Waals surface area contributed by atoms with Gasteiger partial charge in [0.25, 0.3) is 0 Å². The van der Waals surface area contributed by atoms with Gasteiger partial charge in [0.15, 0.2) is 0 Å². The highest BCUT2D eigenvalue weighted by molar-refractivity contribution is 7.89. The van der Waals surface area contributed by atoms with Crippen molar-refractivity contribution < 1.29 is 32.5 Å². The molecule has 1 aromatic carbocycles. The molecular weight excluding hydrogens is 759 g/mol. The molecule has 0 radical (unpaired) electrons. The minimum Gasteiger partial charge on any atom is -0.465 e. The number of nitrogens with zero attached hydrogens (tertiary/aromatic N) is 1. The van der Waals surface area contributed by atoms with Crippen molar-refractivity contribution in [3.8, 4) is 0 Å². The van der Waals surface area contributed by atoms with Crippen LogP contribution in [0.2, 0.25) is 0 Å². The Bertz CT molecular complexity index is 1800. The SMILES string of the molecule is CCCCOC(=O)[C@@H]1[C@@](C)([C@H](C)C(C)C)CC[C@]2(C)[C@H]3CC[C@H]4C(C)(C)[C@@H](OC[C@](C)(N(C)S(=O)(=O)c5ccc(C)cc5)C(C)(C)C)[C@H](OC)C[C@]4(CO)C3=CC[C@@]12C. The number of hydrogen-bond acceptors (Lipinski definition) is 7. The third kappa shape index (κ3) is 7.63. The van der Waals surface area contributed by atoms with Crippen LogP contribution >= 0.6 is 0 Å². The number of methoxy groups -OCH3 is 1. The number of esters is 1. The third-order valence-electron chi connectivity index (χ3n) is 18.3. The lowest BCUT2D eigenvalue weighted by Crippen LogP contribution is -2.67. The van der Waals surface area contributed by atoms with Gasteiger partial charge in [-0.3, -0.25) is 4.79 Å². The molecule has 5 rings (SSSR count). The highest BCUT2D eigenvalue weighted by Crippen LogP contribution is 2.74. The molecule has 4 aliphatic rings. The zero-order chi connectivity index (χ0) is 44.4. The standard InChI is InChI=1S/C50H83NO7S/c1-17-18-29-57-43(53)41-46(11,35(5)33(2)3)27-28-47(12)37-23-24-40-45(9,10)42(39(56-16)30-50(40,31-52)38(37)25-26-48(41,47)13)58-32-49(14,44(6,7)8)51(15)59(54,55)36-21-19-34(4)20-22-36/h19-22,25,33,35,37,39-42,52H,17-18,23-24,26-32H2,1-16H3/t35-,37+,39-,40+,41-,42+,46-,47-,48+,49+,50+/m1/s1. The molecular formula is C50H83NO7S. The minimum absolute atomic E-state index is 0.0185. The topological polar surface area (TPSA) is 102 Å². The van der Waals surface area contributed by atoms with Crippen LogP contribution in [0.1, 0.15) is 147 Å². The van der Waals surface area contributed by atoms with E-state index in [1.54, 1.807) is 26.3 Å². The van der Waals surface area contributed by atoms with Crippen molar-refractivity contribution in [1.29, 1.82) is 0 Å². The van der Waals surface area contributed by atoms with Crippen molar-refractivity contribution in [3.63, 3.8) is 0 Å². The summed E-state index contributed by atoms with van der Waals surface area (Å²) in [4.78, 5) is 14.8.